The van der Waals surface area contributed by atoms with E-state index < -0.39 is 0 Å². The Labute approximate surface area is 110 Å². The van der Waals surface area contributed by atoms with Crippen LogP contribution in [0.2, 0.25) is 0 Å². The van der Waals surface area contributed by atoms with Gasteiger partial charge in [-0.05, 0) is 42.3 Å². The lowest BCUT2D eigenvalue weighted by Crippen LogP contribution is -2.00. The van der Waals surface area contributed by atoms with E-state index in [-0.39, 0.29) is 0 Å². The Morgan fingerprint density at radius 2 is 1.82 bits per heavy atom. The fourth-order valence-electron chi connectivity index (χ4n) is 1.56. The molecule has 0 saturated carbocycles. The van der Waals surface area contributed by atoms with Crippen LogP contribution in [0.1, 0.15) is 11.1 Å². The van der Waals surface area contributed by atoms with E-state index in [9.17, 15) is 0 Å². The average molecular weight is 291 g/mol. The Morgan fingerprint density at radius 3 is 2.47 bits per heavy atom. The number of nitrogens with two attached hydrogens (primary N) is 1. The van der Waals surface area contributed by atoms with Crippen molar-refractivity contribution >= 4 is 27.3 Å². The first-order valence-electron chi connectivity index (χ1n) is 5.49. The molecule has 3 N–H and O–H groups in total. The maximum atomic E-state index is 5.86. The molecule has 0 atom stereocenters. The third-order valence-electron chi connectivity index (χ3n) is 2.69. The van der Waals surface area contributed by atoms with Crippen molar-refractivity contribution in [1.29, 1.82) is 0 Å². The molecule has 3 heteroatoms. The molecule has 0 aliphatic heterocycles. The molecule has 0 heterocycles. The van der Waals surface area contributed by atoms with Crippen LogP contribution in [0.15, 0.2) is 46.9 Å². The Bertz CT molecular complexity index is 506. The van der Waals surface area contributed by atoms with Crippen molar-refractivity contribution in [3.8, 4) is 0 Å². The minimum Gasteiger partial charge on any atom is -0.398 e. The smallest absolute Gasteiger partial charge is 0.0400 e. The average Bonchev–Trinajstić information content (AvgIpc) is 2.33. The van der Waals surface area contributed by atoms with Crippen LogP contribution in [0.5, 0.6) is 0 Å². The molecule has 0 bridgehead atoms. The topological polar surface area (TPSA) is 38.0 Å². The van der Waals surface area contributed by atoms with Crippen LogP contribution in [-0.2, 0) is 6.54 Å². The normalized spacial score (nSPS) is 10.2. The summed E-state index contributed by atoms with van der Waals surface area (Å²) in [5.41, 5.74) is 10.1. The molecule has 2 rings (SSSR count). The molecular formula is C14H15BrN2. The van der Waals surface area contributed by atoms with Crippen molar-refractivity contribution < 1.29 is 0 Å². The zero-order valence-corrected chi connectivity index (χ0v) is 11.3. The number of nitrogen functional groups attached to an aromatic ring is 1. The van der Waals surface area contributed by atoms with Crippen molar-refractivity contribution in [2.24, 2.45) is 0 Å². The van der Waals surface area contributed by atoms with Gasteiger partial charge in [0.05, 0.1) is 0 Å². The molecule has 88 valence electrons. The third kappa shape index (κ3) is 3.24. The summed E-state index contributed by atoms with van der Waals surface area (Å²) < 4.78 is 1.10. The van der Waals surface area contributed by atoms with Crippen molar-refractivity contribution in [3.05, 3.63) is 58.1 Å². The summed E-state index contributed by atoms with van der Waals surface area (Å²) in [6, 6.07) is 14.3. The molecule has 2 nitrogen and oxygen atoms in total. The van der Waals surface area contributed by atoms with Gasteiger partial charge in [-0.2, -0.15) is 0 Å². The minimum absolute atomic E-state index is 0.801. The maximum absolute atomic E-state index is 5.86. The molecule has 0 fully saturated rings. The van der Waals surface area contributed by atoms with Gasteiger partial charge in [-0.25, -0.2) is 0 Å². The van der Waals surface area contributed by atoms with Crippen LogP contribution in [0.4, 0.5) is 11.4 Å². The highest BCUT2D eigenvalue weighted by atomic mass is 79.9. The zero-order valence-electron chi connectivity index (χ0n) is 9.70. The van der Waals surface area contributed by atoms with E-state index in [0.29, 0.717) is 0 Å². The molecular weight excluding hydrogens is 276 g/mol. The van der Waals surface area contributed by atoms with Crippen LogP contribution in [0.25, 0.3) is 0 Å². The second-order valence-electron chi connectivity index (χ2n) is 4.05. The number of aryl methyl sites for hydroxylation is 1. The number of benzene rings is 2. The first-order chi connectivity index (χ1) is 8.15. The van der Waals surface area contributed by atoms with E-state index in [2.05, 4.69) is 33.4 Å². The van der Waals surface area contributed by atoms with Gasteiger partial charge < -0.3 is 11.1 Å². The largest absolute Gasteiger partial charge is 0.398 e. The molecule has 0 spiro atoms. The second kappa shape index (κ2) is 5.23. The number of hydrogen-bond donors (Lipinski definition) is 2. The Hall–Kier alpha value is -1.48. The predicted octanol–water partition coefficient (Wildman–Crippen LogP) is 3.95. The Balaban J connectivity index is 2.02. The Morgan fingerprint density at radius 1 is 1.12 bits per heavy atom. The van der Waals surface area contributed by atoms with Crippen molar-refractivity contribution in [1.82, 2.24) is 0 Å². The van der Waals surface area contributed by atoms with Gasteiger partial charge in [-0.15, -0.1) is 0 Å². The molecule has 0 aliphatic rings. The van der Waals surface area contributed by atoms with E-state index in [1.165, 1.54) is 5.56 Å². The van der Waals surface area contributed by atoms with Gasteiger partial charge in [-0.1, -0.05) is 34.1 Å². The van der Waals surface area contributed by atoms with Gasteiger partial charge >= 0.3 is 0 Å². The quantitative estimate of drug-likeness (QED) is 0.840. The highest BCUT2D eigenvalue weighted by Crippen LogP contribution is 2.18. The molecule has 2 aromatic rings. The molecule has 0 aliphatic carbocycles. The molecule has 0 radical (unpaired) electrons. The standard InChI is InChI=1S/C14H15BrN2/c1-10-2-7-13(8-14(10)16)17-9-11-3-5-12(15)6-4-11/h2-8,17H,9,16H2,1H3. The van der Waals surface area contributed by atoms with Gasteiger partial charge in [0, 0.05) is 22.4 Å². The summed E-state index contributed by atoms with van der Waals surface area (Å²) in [6.45, 7) is 2.81. The lowest BCUT2D eigenvalue weighted by molar-refractivity contribution is 1.15. The lowest BCUT2D eigenvalue weighted by atomic mass is 10.1. The highest BCUT2D eigenvalue weighted by Gasteiger charge is 1.97. The fraction of sp³-hybridized carbons (Fsp3) is 0.143. The van der Waals surface area contributed by atoms with Gasteiger partial charge in [0.15, 0.2) is 0 Å². The number of anilines is 2. The number of rotatable bonds is 3. The number of nitrogens with one attached hydrogen (secondary N) is 1. The summed E-state index contributed by atoms with van der Waals surface area (Å²) in [6.07, 6.45) is 0. The van der Waals surface area contributed by atoms with E-state index in [1.807, 2.05) is 37.3 Å². The van der Waals surface area contributed by atoms with Crippen LogP contribution in [0.3, 0.4) is 0 Å². The molecule has 0 aromatic heterocycles. The van der Waals surface area contributed by atoms with Gasteiger partial charge in [0.2, 0.25) is 0 Å². The SMILES string of the molecule is Cc1ccc(NCc2ccc(Br)cc2)cc1N. The van der Waals surface area contributed by atoms with E-state index in [4.69, 9.17) is 5.73 Å². The number of hydrogen-bond acceptors (Lipinski definition) is 2. The van der Waals surface area contributed by atoms with Gasteiger partial charge in [0.1, 0.15) is 0 Å². The summed E-state index contributed by atoms with van der Waals surface area (Å²) in [7, 11) is 0. The van der Waals surface area contributed by atoms with Crippen LogP contribution >= 0.6 is 15.9 Å². The van der Waals surface area contributed by atoms with Crippen LogP contribution in [0, 0.1) is 6.92 Å². The van der Waals surface area contributed by atoms with E-state index in [0.717, 1.165) is 28.0 Å². The monoisotopic (exact) mass is 290 g/mol. The van der Waals surface area contributed by atoms with Crippen LogP contribution < -0.4 is 11.1 Å². The summed E-state index contributed by atoms with van der Waals surface area (Å²) in [4.78, 5) is 0. The number of halogens is 1. The first kappa shape index (κ1) is 12.0. The fourth-order valence-corrected chi connectivity index (χ4v) is 1.82. The molecule has 0 amide bonds. The molecule has 0 unspecified atom stereocenters. The van der Waals surface area contributed by atoms with Crippen molar-refractivity contribution in [2.75, 3.05) is 11.1 Å². The van der Waals surface area contributed by atoms with Crippen molar-refractivity contribution in [2.45, 2.75) is 13.5 Å². The molecule has 0 saturated heterocycles. The first-order valence-corrected chi connectivity index (χ1v) is 6.29. The summed E-state index contributed by atoms with van der Waals surface area (Å²) >= 11 is 3.42. The zero-order chi connectivity index (χ0) is 12.3. The van der Waals surface area contributed by atoms with Gasteiger partial charge in [-0.3, -0.25) is 0 Å². The van der Waals surface area contributed by atoms with E-state index in [1.54, 1.807) is 0 Å². The third-order valence-corrected chi connectivity index (χ3v) is 3.22. The molecule has 2 aromatic carbocycles. The second-order valence-corrected chi connectivity index (χ2v) is 4.97. The lowest BCUT2D eigenvalue weighted by Gasteiger charge is -2.08. The minimum atomic E-state index is 0.801. The van der Waals surface area contributed by atoms with E-state index >= 15 is 0 Å². The van der Waals surface area contributed by atoms with Gasteiger partial charge in [0.25, 0.3) is 0 Å². The van der Waals surface area contributed by atoms with Crippen molar-refractivity contribution in [3.63, 3.8) is 0 Å². The van der Waals surface area contributed by atoms with Crippen LogP contribution in [-0.4, -0.2) is 0 Å². The highest BCUT2D eigenvalue weighted by molar-refractivity contribution is 9.10. The summed E-state index contributed by atoms with van der Waals surface area (Å²) in [5.74, 6) is 0. The Kier molecular flexibility index (Phi) is 3.69. The predicted molar refractivity (Wildman–Crippen MR) is 77.1 cm³/mol. The summed E-state index contributed by atoms with van der Waals surface area (Å²) in [5, 5.41) is 3.35. The maximum Gasteiger partial charge on any atom is 0.0400 e. The molecule has 17 heavy (non-hydrogen) atoms.